The maximum Gasteiger partial charge on any atom is 0.320 e. The molecule has 0 aromatic heterocycles. The number of hydrogen-bond donors (Lipinski definition) is 5. The minimum Gasteiger partial charge on any atom is -0.480 e. The minimum atomic E-state index is -1.93. The van der Waals surface area contributed by atoms with Gasteiger partial charge >= 0.3 is 17.9 Å². The van der Waals surface area contributed by atoms with Crippen LogP contribution in [0.4, 0.5) is 0 Å². The molecule has 0 amide bonds. The Morgan fingerprint density at radius 1 is 1.26 bits per heavy atom. The van der Waals surface area contributed by atoms with Gasteiger partial charge in [-0.3, -0.25) is 19.2 Å². The van der Waals surface area contributed by atoms with Gasteiger partial charge in [0.2, 0.25) is 0 Å². The fourth-order valence-corrected chi connectivity index (χ4v) is 1.94. The van der Waals surface area contributed by atoms with E-state index in [1.807, 2.05) is 0 Å². The minimum absolute atomic E-state index is 0.357. The molecule has 9 heteroatoms. The lowest BCUT2D eigenvalue weighted by molar-refractivity contribution is -0.155. The first-order chi connectivity index (χ1) is 8.70. The van der Waals surface area contributed by atoms with Crippen LogP contribution in [0, 0.1) is 5.41 Å². The lowest BCUT2D eigenvalue weighted by Gasteiger charge is -2.22. The summed E-state index contributed by atoms with van der Waals surface area (Å²) in [5.41, 5.74) is 3.25. The second kappa shape index (κ2) is 5.33. The average molecular weight is 274 g/mol. The molecule has 1 saturated heterocycles. The number of carboxylic acids is 3. The molecule has 19 heavy (non-hydrogen) atoms. The number of Topliss-reactive ketones (excluding diaryl/α,β-unsaturated/α-hetero) is 1. The number of carboxylic acid groups (broad SMARTS) is 3. The molecule has 0 bridgehead atoms. The van der Waals surface area contributed by atoms with Gasteiger partial charge in [0, 0.05) is 13.0 Å². The number of rotatable bonds is 6. The number of nitrogens with two attached hydrogens (primary N) is 1. The third-order valence-corrected chi connectivity index (χ3v) is 3.17. The summed E-state index contributed by atoms with van der Waals surface area (Å²) >= 11 is 0. The van der Waals surface area contributed by atoms with Crippen molar-refractivity contribution in [2.24, 2.45) is 11.1 Å². The Kier molecular flexibility index (Phi) is 4.22. The topological polar surface area (TPSA) is 167 Å². The van der Waals surface area contributed by atoms with Crippen LogP contribution in [-0.4, -0.2) is 57.6 Å². The number of aliphatic carboxylic acids is 3. The van der Waals surface area contributed by atoms with E-state index in [4.69, 9.17) is 21.1 Å². The van der Waals surface area contributed by atoms with Gasteiger partial charge in [0.05, 0.1) is 0 Å². The maximum atomic E-state index is 11.9. The molecule has 1 aliphatic heterocycles. The standard InChI is InChI=1S/C10H14N2O7/c11-4(7(14)15)1-6(13)10(9(18)19)2-5(8(16)17)12-3-10/h4-5,12H,1-3,11H2,(H,14,15)(H,16,17)(H,18,19)/t4?,5-,10-/m0/s1. The van der Waals surface area contributed by atoms with Crippen molar-refractivity contribution in [3.63, 3.8) is 0 Å². The van der Waals surface area contributed by atoms with E-state index in [1.165, 1.54) is 0 Å². The molecule has 1 unspecified atom stereocenters. The number of hydrogen-bond acceptors (Lipinski definition) is 6. The van der Waals surface area contributed by atoms with Gasteiger partial charge in [0.15, 0.2) is 5.78 Å². The van der Waals surface area contributed by atoms with Crippen molar-refractivity contribution < 1.29 is 34.5 Å². The van der Waals surface area contributed by atoms with E-state index in [2.05, 4.69) is 5.32 Å². The summed E-state index contributed by atoms with van der Waals surface area (Å²) in [7, 11) is 0. The second-order valence-electron chi connectivity index (χ2n) is 4.44. The lowest BCUT2D eigenvalue weighted by Crippen LogP contribution is -2.45. The van der Waals surface area contributed by atoms with Gasteiger partial charge in [0.25, 0.3) is 0 Å². The van der Waals surface area contributed by atoms with E-state index in [1.54, 1.807) is 0 Å². The predicted molar refractivity (Wildman–Crippen MR) is 59.3 cm³/mol. The van der Waals surface area contributed by atoms with Gasteiger partial charge in [-0.25, -0.2) is 0 Å². The molecule has 0 aromatic rings. The number of carbonyl (C=O) groups excluding carboxylic acids is 1. The van der Waals surface area contributed by atoms with Crippen LogP contribution >= 0.6 is 0 Å². The van der Waals surface area contributed by atoms with Gasteiger partial charge < -0.3 is 26.4 Å². The van der Waals surface area contributed by atoms with E-state index in [9.17, 15) is 19.2 Å². The van der Waals surface area contributed by atoms with Gasteiger partial charge in [-0.15, -0.1) is 0 Å². The zero-order valence-corrected chi connectivity index (χ0v) is 9.83. The van der Waals surface area contributed by atoms with Gasteiger partial charge in [-0.05, 0) is 6.42 Å². The average Bonchev–Trinajstić information content (AvgIpc) is 2.74. The molecular weight excluding hydrogens is 260 g/mol. The van der Waals surface area contributed by atoms with Crippen LogP contribution in [0.25, 0.3) is 0 Å². The van der Waals surface area contributed by atoms with Crippen molar-refractivity contribution in [1.82, 2.24) is 5.32 Å². The van der Waals surface area contributed by atoms with Crippen LogP contribution in [0.1, 0.15) is 12.8 Å². The Hall–Kier alpha value is -2.00. The Bertz CT molecular complexity index is 436. The molecule has 1 rings (SSSR count). The number of ketones is 1. The van der Waals surface area contributed by atoms with Gasteiger partial charge in [-0.1, -0.05) is 0 Å². The fraction of sp³-hybridized carbons (Fsp3) is 0.600. The smallest absolute Gasteiger partial charge is 0.320 e. The Morgan fingerprint density at radius 2 is 1.84 bits per heavy atom. The van der Waals surface area contributed by atoms with Crippen molar-refractivity contribution in [2.45, 2.75) is 24.9 Å². The number of nitrogens with one attached hydrogen (secondary N) is 1. The molecule has 1 aliphatic rings. The first-order valence-electron chi connectivity index (χ1n) is 5.42. The van der Waals surface area contributed by atoms with Crippen molar-refractivity contribution in [3.05, 3.63) is 0 Å². The Balaban J connectivity index is 2.90. The van der Waals surface area contributed by atoms with E-state index in [0.717, 1.165) is 0 Å². The molecule has 9 nitrogen and oxygen atoms in total. The lowest BCUT2D eigenvalue weighted by atomic mass is 9.78. The summed E-state index contributed by atoms with van der Waals surface area (Å²) < 4.78 is 0. The molecule has 1 fully saturated rings. The molecule has 106 valence electrons. The first-order valence-corrected chi connectivity index (χ1v) is 5.42. The van der Waals surface area contributed by atoms with E-state index >= 15 is 0 Å². The van der Waals surface area contributed by atoms with Crippen molar-refractivity contribution >= 4 is 23.7 Å². The first kappa shape index (κ1) is 15.1. The van der Waals surface area contributed by atoms with Gasteiger partial charge in [0.1, 0.15) is 17.5 Å². The Labute approximate surface area is 107 Å². The molecule has 0 aliphatic carbocycles. The largest absolute Gasteiger partial charge is 0.480 e. The van der Waals surface area contributed by atoms with Crippen molar-refractivity contribution in [1.29, 1.82) is 0 Å². The third kappa shape index (κ3) is 2.88. The molecule has 1 heterocycles. The summed E-state index contributed by atoms with van der Waals surface area (Å²) in [6.45, 7) is -0.357. The molecule has 3 atom stereocenters. The highest BCUT2D eigenvalue weighted by molar-refractivity contribution is 6.05. The quantitative estimate of drug-likeness (QED) is 0.340. The highest BCUT2D eigenvalue weighted by Crippen LogP contribution is 2.32. The second-order valence-corrected chi connectivity index (χ2v) is 4.44. The Morgan fingerprint density at radius 3 is 2.21 bits per heavy atom. The summed E-state index contributed by atoms with van der Waals surface area (Å²) in [6.07, 6.45) is -1.08. The molecule has 0 spiro atoms. The van der Waals surface area contributed by atoms with Gasteiger partial charge in [-0.2, -0.15) is 0 Å². The third-order valence-electron chi connectivity index (χ3n) is 3.17. The molecule has 0 radical (unpaired) electrons. The molecule has 6 N–H and O–H groups in total. The van der Waals surface area contributed by atoms with Crippen LogP contribution in [0.2, 0.25) is 0 Å². The van der Waals surface area contributed by atoms with E-state index in [0.29, 0.717) is 0 Å². The zero-order chi connectivity index (χ0) is 14.8. The molecule has 0 aromatic carbocycles. The normalized spacial score (nSPS) is 27.7. The summed E-state index contributed by atoms with van der Waals surface area (Å²) in [6, 6.07) is -2.66. The molecule has 0 saturated carbocycles. The summed E-state index contributed by atoms with van der Waals surface area (Å²) in [4.78, 5) is 44.5. The summed E-state index contributed by atoms with van der Waals surface area (Å²) in [5.74, 6) is -5.05. The summed E-state index contributed by atoms with van der Waals surface area (Å²) in [5, 5.41) is 29.0. The van der Waals surface area contributed by atoms with Crippen LogP contribution < -0.4 is 11.1 Å². The van der Waals surface area contributed by atoms with Crippen LogP contribution in [-0.2, 0) is 19.2 Å². The van der Waals surface area contributed by atoms with Crippen LogP contribution in [0.15, 0.2) is 0 Å². The number of carbonyl (C=O) groups is 4. The SMILES string of the molecule is NC(CC(=O)[C@@]1(C(=O)O)CN[C@H](C(=O)O)C1)C(=O)O. The van der Waals surface area contributed by atoms with Crippen molar-refractivity contribution in [2.75, 3.05) is 6.54 Å². The highest BCUT2D eigenvalue weighted by Gasteiger charge is 2.53. The zero-order valence-electron chi connectivity index (χ0n) is 9.83. The van der Waals surface area contributed by atoms with Crippen LogP contribution in [0.3, 0.4) is 0 Å². The highest BCUT2D eigenvalue weighted by atomic mass is 16.4. The van der Waals surface area contributed by atoms with E-state index in [-0.39, 0.29) is 6.54 Å². The predicted octanol–water partition coefficient (Wildman–Crippen LogP) is -2.12. The van der Waals surface area contributed by atoms with Crippen LogP contribution in [0.5, 0.6) is 0 Å². The monoisotopic (exact) mass is 274 g/mol. The fourth-order valence-electron chi connectivity index (χ4n) is 1.94. The molecular formula is C10H14N2O7. The maximum absolute atomic E-state index is 11.9. The van der Waals surface area contributed by atoms with Crippen molar-refractivity contribution in [3.8, 4) is 0 Å². The van der Waals surface area contributed by atoms with E-state index < -0.39 is 54.0 Å².